The third-order valence-electron chi connectivity index (χ3n) is 3.07. The van der Waals surface area contributed by atoms with Gasteiger partial charge in [-0.25, -0.2) is 0 Å². The van der Waals surface area contributed by atoms with Crippen molar-refractivity contribution in [3.05, 3.63) is 54.1 Å². The fourth-order valence-electron chi connectivity index (χ4n) is 1.91. The molecule has 0 spiro atoms. The molecule has 0 fully saturated rings. The summed E-state index contributed by atoms with van der Waals surface area (Å²) in [6.07, 6.45) is -8.99. The molecule has 10 heteroatoms. The Morgan fingerprint density at radius 3 is 2.15 bits per heavy atom. The minimum absolute atomic E-state index is 0.0365. The van der Waals surface area contributed by atoms with Crippen LogP contribution in [0.15, 0.2) is 48.5 Å². The van der Waals surface area contributed by atoms with Crippen molar-refractivity contribution in [2.75, 3.05) is 18.5 Å². The lowest BCUT2D eigenvalue weighted by atomic mass is 10.2. The molecule has 0 aliphatic carbocycles. The molecule has 0 bridgehead atoms. The first-order chi connectivity index (χ1) is 12.5. The highest BCUT2D eigenvalue weighted by Gasteiger charge is 2.30. The van der Waals surface area contributed by atoms with Crippen molar-refractivity contribution < 1.29 is 40.6 Å². The number of alkyl halides is 6. The van der Waals surface area contributed by atoms with Crippen LogP contribution in [0.5, 0.6) is 11.5 Å². The smallest absolute Gasteiger partial charge is 0.422 e. The van der Waals surface area contributed by atoms with Crippen LogP contribution in [0.1, 0.15) is 5.56 Å². The van der Waals surface area contributed by atoms with Crippen LogP contribution in [0, 0.1) is 0 Å². The number of amides is 1. The highest BCUT2D eigenvalue weighted by Crippen LogP contribution is 2.31. The molecule has 0 aliphatic heterocycles. The van der Waals surface area contributed by atoms with Gasteiger partial charge in [-0.15, -0.1) is 0 Å². The molecule has 1 amide bonds. The van der Waals surface area contributed by atoms with Gasteiger partial charge in [-0.1, -0.05) is 6.07 Å². The second kappa shape index (κ2) is 8.19. The quantitative estimate of drug-likeness (QED) is 0.726. The van der Waals surface area contributed by atoms with E-state index in [4.69, 9.17) is 4.74 Å². The molecule has 146 valence electrons. The van der Waals surface area contributed by atoms with Gasteiger partial charge in [0.15, 0.2) is 13.2 Å². The monoisotopic (exact) mass is 393 g/mol. The number of rotatable bonds is 6. The molecule has 1 N–H and O–H groups in total. The number of anilines is 1. The summed E-state index contributed by atoms with van der Waals surface area (Å²) < 4.78 is 83.5. The summed E-state index contributed by atoms with van der Waals surface area (Å²) >= 11 is 0. The average molecular weight is 393 g/mol. The number of benzene rings is 2. The molecular formula is C17H13F6NO3. The largest absolute Gasteiger partial charge is 0.484 e. The SMILES string of the molecule is O=C(COc1cccc(C(F)(F)F)c1)Nc1ccc(OCC(F)(F)F)cc1. The molecule has 2 rings (SSSR count). The van der Waals surface area contributed by atoms with E-state index in [0.717, 1.165) is 18.2 Å². The molecule has 4 nitrogen and oxygen atoms in total. The molecule has 0 radical (unpaired) electrons. The van der Waals surface area contributed by atoms with E-state index in [0.29, 0.717) is 0 Å². The third-order valence-corrected chi connectivity index (χ3v) is 3.07. The summed E-state index contributed by atoms with van der Waals surface area (Å²) in [4.78, 5) is 11.8. The molecule has 0 aromatic heterocycles. The fourth-order valence-corrected chi connectivity index (χ4v) is 1.91. The van der Waals surface area contributed by atoms with Gasteiger partial charge in [0, 0.05) is 5.69 Å². The Labute approximate surface area is 149 Å². The topological polar surface area (TPSA) is 47.6 Å². The van der Waals surface area contributed by atoms with E-state index in [-0.39, 0.29) is 17.2 Å². The Kier molecular flexibility index (Phi) is 6.19. The molecular weight excluding hydrogens is 380 g/mol. The van der Waals surface area contributed by atoms with E-state index in [9.17, 15) is 31.1 Å². The second-order valence-electron chi connectivity index (χ2n) is 5.29. The van der Waals surface area contributed by atoms with Gasteiger partial charge in [0.1, 0.15) is 11.5 Å². The van der Waals surface area contributed by atoms with E-state index in [1.54, 1.807) is 0 Å². The van der Waals surface area contributed by atoms with E-state index < -0.39 is 37.0 Å². The molecule has 27 heavy (non-hydrogen) atoms. The Morgan fingerprint density at radius 2 is 1.56 bits per heavy atom. The molecule has 2 aromatic carbocycles. The standard InChI is InChI=1S/C17H13F6NO3/c18-16(19,20)10-27-13-6-4-12(5-7-13)24-15(25)9-26-14-3-1-2-11(8-14)17(21,22)23/h1-8H,9-10H2,(H,24,25). The first kappa shape index (κ1) is 20.4. The van der Waals surface area contributed by atoms with Crippen molar-refractivity contribution >= 4 is 11.6 Å². The van der Waals surface area contributed by atoms with Crippen LogP contribution in [0.2, 0.25) is 0 Å². The first-order valence-corrected chi connectivity index (χ1v) is 7.42. The van der Waals surface area contributed by atoms with Crippen molar-refractivity contribution in [1.29, 1.82) is 0 Å². The number of hydrogen-bond acceptors (Lipinski definition) is 3. The number of carbonyl (C=O) groups excluding carboxylic acids is 1. The number of halogens is 6. The van der Waals surface area contributed by atoms with Gasteiger partial charge in [-0.05, 0) is 42.5 Å². The summed E-state index contributed by atoms with van der Waals surface area (Å²) in [6, 6.07) is 9.15. The Balaban J connectivity index is 1.85. The highest BCUT2D eigenvalue weighted by atomic mass is 19.4. The van der Waals surface area contributed by atoms with Crippen molar-refractivity contribution in [3.8, 4) is 11.5 Å². The zero-order valence-electron chi connectivity index (χ0n) is 13.5. The van der Waals surface area contributed by atoms with Gasteiger partial charge in [0.25, 0.3) is 5.91 Å². The van der Waals surface area contributed by atoms with Crippen LogP contribution >= 0.6 is 0 Å². The zero-order valence-corrected chi connectivity index (χ0v) is 13.5. The lowest BCUT2D eigenvalue weighted by Crippen LogP contribution is -2.20. The molecule has 0 aliphatic rings. The van der Waals surface area contributed by atoms with E-state index in [1.165, 1.54) is 30.3 Å². The van der Waals surface area contributed by atoms with Crippen LogP contribution in [-0.4, -0.2) is 25.3 Å². The summed E-state index contributed by atoms with van der Waals surface area (Å²) in [5.41, 5.74) is -0.651. The van der Waals surface area contributed by atoms with Gasteiger partial charge in [0.05, 0.1) is 5.56 Å². The van der Waals surface area contributed by atoms with Gasteiger partial charge in [-0.2, -0.15) is 26.3 Å². The normalized spacial score (nSPS) is 11.8. The van der Waals surface area contributed by atoms with Crippen molar-refractivity contribution in [2.24, 2.45) is 0 Å². The van der Waals surface area contributed by atoms with Crippen molar-refractivity contribution in [2.45, 2.75) is 12.4 Å². The molecule has 0 unspecified atom stereocenters. The fraction of sp³-hybridized carbons (Fsp3) is 0.235. The molecule has 2 aromatic rings. The van der Waals surface area contributed by atoms with Gasteiger partial charge in [0.2, 0.25) is 0 Å². The number of carbonyl (C=O) groups is 1. The minimum atomic E-state index is -4.53. The molecule has 0 heterocycles. The summed E-state index contributed by atoms with van der Waals surface area (Å²) in [5, 5.41) is 2.39. The van der Waals surface area contributed by atoms with Gasteiger partial charge >= 0.3 is 12.4 Å². The predicted molar refractivity (Wildman–Crippen MR) is 83.6 cm³/mol. The maximum atomic E-state index is 12.6. The summed E-state index contributed by atoms with van der Waals surface area (Å²) in [6.45, 7) is -1.99. The zero-order chi connectivity index (χ0) is 20.1. The predicted octanol–water partition coefficient (Wildman–Crippen LogP) is 4.66. The molecule has 0 saturated carbocycles. The van der Waals surface area contributed by atoms with Crippen LogP contribution in [0.4, 0.5) is 32.0 Å². The highest BCUT2D eigenvalue weighted by molar-refractivity contribution is 5.91. The Hall–Kier alpha value is -2.91. The van der Waals surface area contributed by atoms with Crippen LogP contribution in [-0.2, 0) is 11.0 Å². The maximum absolute atomic E-state index is 12.6. The lowest BCUT2D eigenvalue weighted by molar-refractivity contribution is -0.153. The van der Waals surface area contributed by atoms with Gasteiger partial charge < -0.3 is 14.8 Å². The van der Waals surface area contributed by atoms with Crippen LogP contribution in [0.25, 0.3) is 0 Å². The number of ether oxygens (including phenoxy) is 2. The number of hydrogen-bond donors (Lipinski definition) is 1. The lowest BCUT2D eigenvalue weighted by Gasteiger charge is -2.11. The molecule has 0 atom stereocenters. The van der Waals surface area contributed by atoms with Gasteiger partial charge in [-0.3, -0.25) is 4.79 Å². The van der Waals surface area contributed by atoms with E-state index >= 15 is 0 Å². The maximum Gasteiger partial charge on any atom is 0.422 e. The summed E-state index contributed by atoms with van der Waals surface area (Å²) in [7, 11) is 0. The number of nitrogens with one attached hydrogen (secondary N) is 1. The van der Waals surface area contributed by atoms with Crippen molar-refractivity contribution in [3.63, 3.8) is 0 Å². The van der Waals surface area contributed by atoms with Crippen molar-refractivity contribution in [1.82, 2.24) is 0 Å². The average Bonchev–Trinajstić information content (AvgIpc) is 2.58. The first-order valence-electron chi connectivity index (χ1n) is 7.42. The van der Waals surface area contributed by atoms with Crippen LogP contribution in [0.3, 0.4) is 0 Å². The van der Waals surface area contributed by atoms with Crippen LogP contribution < -0.4 is 14.8 Å². The third kappa shape index (κ3) is 7.08. The molecule has 0 saturated heterocycles. The Morgan fingerprint density at radius 1 is 0.889 bits per heavy atom. The van der Waals surface area contributed by atoms with E-state index in [2.05, 4.69) is 10.1 Å². The summed E-state index contributed by atoms with van der Waals surface area (Å²) in [5.74, 6) is -0.821. The van der Waals surface area contributed by atoms with E-state index in [1.807, 2.05) is 0 Å². The second-order valence-corrected chi connectivity index (χ2v) is 5.29. The Bertz CT molecular complexity index is 771. The minimum Gasteiger partial charge on any atom is -0.484 e.